The lowest BCUT2D eigenvalue weighted by Gasteiger charge is -2.17. The van der Waals surface area contributed by atoms with E-state index in [9.17, 15) is 5.11 Å². The second kappa shape index (κ2) is 18.2. The van der Waals surface area contributed by atoms with Crippen molar-refractivity contribution in [3.8, 4) is 17.2 Å². The molecule has 0 unspecified atom stereocenters. The van der Waals surface area contributed by atoms with Gasteiger partial charge < -0.3 is 39.4 Å². The monoisotopic (exact) mass is 524 g/mol. The van der Waals surface area contributed by atoms with E-state index in [0.717, 1.165) is 17.7 Å². The number of rotatable bonds is 20. The third-order valence-electron chi connectivity index (χ3n) is 5.50. The van der Waals surface area contributed by atoms with E-state index in [4.69, 9.17) is 23.7 Å². The van der Waals surface area contributed by atoms with E-state index in [1.165, 1.54) is 0 Å². The lowest BCUT2D eigenvalue weighted by Crippen LogP contribution is -2.33. The molecule has 0 bridgehead atoms. The van der Waals surface area contributed by atoms with Crippen molar-refractivity contribution in [2.24, 2.45) is 0 Å². The van der Waals surface area contributed by atoms with Gasteiger partial charge in [0.05, 0.1) is 26.4 Å². The van der Waals surface area contributed by atoms with Gasteiger partial charge in [-0.05, 0) is 30.3 Å². The maximum atomic E-state index is 10.3. The Morgan fingerprint density at radius 3 is 1.92 bits per heavy atom. The van der Waals surface area contributed by atoms with Gasteiger partial charge in [-0.3, -0.25) is 0 Å². The van der Waals surface area contributed by atoms with Gasteiger partial charge in [0.15, 0.2) is 11.5 Å². The second-order valence-corrected chi connectivity index (χ2v) is 8.65. The normalized spacial score (nSPS) is 11.7. The number of hydrogen-bond donors (Lipinski definition) is 3. The van der Waals surface area contributed by atoms with Gasteiger partial charge in [-0.15, -0.1) is 0 Å². The molecule has 0 radical (unpaired) electrons. The molecule has 38 heavy (non-hydrogen) atoms. The molecule has 0 saturated heterocycles. The Bertz CT molecular complexity index is 1010. The average molecular weight is 525 g/mol. The van der Waals surface area contributed by atoms with Gasteiger partial charge in [-0.1, -0.05) is 60.7 Å². The van der Waals surface area contributed by atoms with Crippen LogP contribution < -0.4 is 24.8 Å². The molecular weight excluding hydrogens is 484 g/mol. The van der Waals surface area contributed by atoms with Crippen LogP contribution in [0.1, 0.15) is 11.1 Å². The molecule has 1 atom stereocenters. The summed E-state index contributed by atoms with van der Waals surface area (Å²) in [5.41, 5.74) is 2.13. The Hall–Kier alpha value is -3.14. The van der Waals surface area contributed by atoms with Gasteiger partial charge in [0.25, 0.3) is 0 Å². The van der Waals surface area contributed by atoms with E-state index in [1.54, 1.807) is 6.07 Å². The van der Waals surface area contributed by atoms with Crippen LogP contribution >= 0.6 is 0 Å². The lowest BCUT2D eigenvalue weighted by molar-refractivity contribution is 0.0484. The predicted octanol–water partition coefficient (Wildman–Crippen LogP) is 3.43. The molecule has 0 aliphatic carbocycles. The first-order valence-corrected chi connectivity index (χ1v) is 13.0. The number of nitrogens with one attached hydrogen (secondary N) is 2. The van der Waals surface area contributed by atoms with Gasteiger partial charge in [-0.25, -0.2) is 0 Å². The van der Waals surface area contributed by atoms with Crippen molar-refractivity contribution in [3.05, 3.63) is 90.0 Å². The zero-order valence-corrected chi connectivity index (χ0v) is 22.1. The molecule has 0 saturated carbocycles. The maximum Gasteiger partial charge on any atom is 0.165 e. The molecule has 3 aromatic rings. The minimum atomic E-state index is -0.664. The van der Waals surface area contributed by atoms with Crippen molar-refractivity contribution in [3.63, 3.8) is 0 Å². The van der Waals surface area contributed by atoms with E-state index in [2.05, 4.69) is 10.6 Å². The molecule has 3 aromatic carbocycles. The molecule has 0 aromatic heterocycles. The Kier molecular flexibility index (Phi) is 14.1. The number of hydrogen-bond acceptors (Lipinski definition) is 8. The van der Waals surface area contributed by atoms with Gasteiger partial charge in [-0.2, -0.15) is 0 Å². The molecule has 0 spiro atoms. The molecule has 206 valence electrons. The first-order chi connectivity index (χ1) is 18.7. The molecule has 0 aliphatic rings. The summed E-state index contributed by atoms with van der Waals surface area (Å²) in [4.78, 5) is 0. The molecule has 0 fully saturated rings. The highest BCUT2D eigenvalue weighted by Crippen LogP contribution is 2.33. The number of likely N-dealkylation sites (N-methyl/N-ethyl adjacent to an activating group) is 1. The third kappa shape index (κ3) is 11.9. The Morgan fingerprint density at radius 2 is 1.29 bits per heavy atom. The summed E-state index contributed by atoms with van der Waals surface area (Å²) in [6.45, 7) is 5.20. The van der Waals surface area contributed by atoms with Crippen LogP contribution in [0.4, 0.5) is 0 Å². The van der Waals surface area contributed by atoms with Gasteiger partial charge in [0, 0.05) is 25.7 Å². The zero-order valence-electron chi connectivity index (χ0n) is 22.1. The molecule has 8 heteroatoms. The van der Waals surface area contributed by atoms with Crippen LogP contribution in [0.3, 0.4) is 0 Å². The minimum Gasteiger partial charge on any atom is -0.491 e. The highest BCUT2D eigenvalue weighted by molar-refractivity contribution is 5.46. The van der Waals surface area contributed by atoms with Gasteiger partial charge >= 0.3 is 0 Å². The van der Waals surface area contributed by atoms with Crippen molar-refractivity contribution < 1.29 is 28.8 Å². The van der Waals surface area contributed by atoms with Crippen LogP contribution in [0, 0.1) is 0 Å². The Labute approximate surface area is 225 Å². The number of ether oxygens (including phenoxy) is 5. The summed E-state index contributed by atoms with van der Waals surface area (Å²) in [6, 6.07) is 25.4. The quantitative estimate of drug-likeness (QED) is 0.194. The van der Waals surface area contributed by atoms with E-state index < -0.39 is 6.10 Å². The first-order valence-electron chi connectivity index (χ1n) is 13.0. The smallest absolute Gasteiger partial charge is 0.165 e. The minimum absolute atomic E-state index is 0.148. The topological polar surface area (TPSA) is 90.4 Å². The van der Waals surface area contributed by atoms with Crippen LogP contribution in [0.25, 0.3) is 0 Å². The summed E-state index contributed by atoms with van der Waals surface area (Å²) in [6.07, 6.45) is -0.664. The number of aliphatic hydroxyl groups excluding tert-OH is 1. The van der Waals surface area contributed by atoms with Gasteiger partial charge in [0.1, 0.15) is 31.7 Å². The zero-order chi connectivity index (χ0) is 26.7. The molecule has 8 nitrogen and oxygen atoms in total. The summed E-state index contributed by atoms with van der Waals surface area (Å²) in [5.74, 6) is 1.81. The Balaban J connectivity index is 1.42. The Morgan fingerprint density at radius 1 is 0.684 bits per heavy atom. The first kappa shape index (κ1) is 29.4. The van der Waals surface area contributed by atoms with Crippen LogP contribution in [0.15, 0.2) is 78.9 Å². The van der Waals surface area contributed by atoms with Crippen LogP contribution in [-0.4, -0.2) is 70.9 Å². The fraction of sp³-hybridized carbons (Fsp3) is 0.400. The molecule has 3 rings (SSSR count). The standard InChI is InChI=1S/C30H40N2O6/c1-31-14-16-34-18-19-35-17-15-32-21-27(33)24-36-28-12-13-29(37-22-25-8-4-2-5-9-25)30(20-28)38-23-26-10-6-3-7-11-26/h2-13,20,27,31-33H,14-19,21-24H2,1H3/t27-/m1/s1. The molecule has 0 aliphatic heterocycles. The van der Waals surface area contributed by atoms with Crippen molar-refractivity contribution in [1.82, 2.24) is 10.6 Å². The highest BCUT2D eigenvalue weighted by atomic mass is 16.5. The average Bonchev–Trinajstić information content (AvgIpc) is 2.96. The summed E-state index contributed by atoms with van der Waals surface area (Å²) in [5, 5.41) is 16.5. The maximum absolute atomic E-state index is 10.3. The fourth-order valence-electron chi connectivity index (χ4n) is 3.44. The highest BCUT2D eigenvalue weighted by Gasteiger charge is 2.11. The van der Waals surface area contributed by atoms with E-state index >= 15 is 0 Å². The van der Waals surface area contributed by atoms with E-state index in [0.29, 0.717) is 70.0 Å². The summed E-state index contributed by atoms with van der Waals surface area (Å²) >= 11 is 0. The summed E-state index contributed by atoms with van der Waals surface area (Å²) < 4.78 is 28.9. The molecule has 0 amide bonds. The fourth-order valence-corrected chi connectivity index (χ4v) is 3.44. The largest absolute Gasteiger partial charge is 0.491 e. The van der Waals surface area contributed by atoms with Crippen LogP contribution in [0.2, 0.25) is 0 Å². The van der Waals surface area contributed by atoms with Gasteiger partial charge in [0.2, 0.25) is 0 Å². The van der Waals surface area contributed by atoms with Crippen molar-refractivity contribution in [2.75, 3.05) is 59.7 Å². The lowest BCUT2D eigenvalue weighted by atomic mass is 10.2. The van der Waals surface area contributed by atoms with E-state index in [-0.39, 0.29) is 6.61 Å². The molecule has 3 N–H and O–H groups in total. The number of aliphatic hydroxyl groups is 1. The molecular formula is C30H40N2O6. The van der Waals surface area contributed by atoms with E-state index in [1.807, 2.05) is 79.8 Å². The SMILES string of the molecule is CNCCOCCOCCNC[C@@H](O)COc1ccc(OCc2ccccc2)c(OCc2ccccc2)c1. The van der Waals surface area contributed by atoms with Crippen LogP contribution in [0.5, 0.6) is 17.2 Å². The molecule has 0 heterocycles. The van der Waals surface area contributed by atoms with Crippen molar-refractivity contribution >= 4 is 0 Å². The van der Waals surface area contributed by atoms with Crippen LogP contribution in [-0.2, 0) is 22.7 Å². The summed E-state index contributed by atoms with van der Waals surface area (Å²) in [7, 11) is 1.89. The number of benzene rings is 3. The second-order valence-electron chi connectivity index (χ2n) is 8.65. The third-order valence-corrected chi connectivity index (χ3v) is 5.50. The van der Waals surface area contributed by atoms with Crippen molar-refractivity contribution in [2.45, 2.75) is 19.3 Å². The van der Waals surface area contributed by atoms with Crippen molar-refractivity contribution in [1.29, 1.82) is 0 Å². The predicted molar refractivity (Wildman–Crippen MR) is 148 cm³/mol.